The minimum Gasteiger partial charge on any atom is -0.450 e. The second-order valence-corrected chi connectivity index (χ2v) is 11.2. The molecule has 0 aromatic rings. The summed E-state index contributed by atoms with van der Waals surface area (Å²) < 4.78 is 10.8. The number of carbonyl (C=O) groups is 2. The lowest BCUT2D eigenvalue weighted by atomic mass is 9.64. The van der Waals surface area contributed by atoms with E-state index < -0.39 is 5.60 Å². The summed E-state index contributed by atoms with van der Waals surface area (Å²) in [5.41, 5.74) is -0.107. The first-order valence-corrected chi connectivity index (χ1v) is 12.3. The van der Waals surface area contributed by atoms with Gasteiger partial charge in [0.25, 0.3) is 0 Å². The Bertz CT molecular complexity index is 662. The molecule has 0 N–H and O–H groups in total. The van der Waals surface area contributed by atoms with Gasteiger partial charge in [0.05, 0.1) is 6.61 Å². The molecule has 4 aliphatic rings. The lowest BCUT2D eigenvalue weighted by molar-refractivity contribution is -0.0195. The summed E-state index contributed by atoms with van der Waals surface area (Å²) in [5, 5.41) is 0. The lowest BCUT2D eigenvalue weighted by Gasteiger charge is -2.52. The molecular weight excluding hydrogens is 394 g/mol. The number of piperidine rings is 1. The van der Waals surface area contributed by atoms with Gasteiger partial charge >= 0.3 is 12.2 Å². The summed E-state index contributed by atoms with van der Waals surface area (Å²) in [5.74, 6) is 0.589. The van der Waals surface area contributed by atoms with E-state index in [1.165, 1.54) is 25.7 Å². The van der Waals surface area contributed by atoms with Gasteiger partial charge in [0, 0.05) is 31.7 Å². The van der Waals surface area contributed by atoms with Crippen LogP contribution in [0.5, 0.6) is 0 Å². The average molecular weight is 436 g/mol. The Hall–Kier alpha value is -1.50. The number of amides is 2. The highest BCUT2D eigenvalue weighted by atomic mass is 16.6. The summed E-state index contributed by atoms with van der Waals surface area (Å²) >= 11 is 0. The van der Waals surface area contributed by atoms with E-state index in [4.69, 9.17) is 9.47 Å². The van der Waals surface area contributed by atoms with Gasteiger partial charge in [-0.05, 0) is 97.1 Å². The summed E-state index contributed by atoms with van der Waals surface area (Å²) in [6.07, 6.45) is 7.80. The van der Waals surface area contributed by atoms with E-state index in [-0.39, 0.29) is 12.2 Å². The van der Waals surface area contributed by atoms with Gasteiger partial charge < -0.3 is 24.2 Å². The standard InChI is InChI=1S/C24H41N3O4/c1-5-30-21(28)26-14-10-24(17-26)15-19(16-24)25-12-8-18(9-13-25)20-7-6-11-27(20)22(29)31-23(2,3)4/h18-20H,5-17H2,1-4H3/t19?,20-,24?/m0/s1. The van der Waals surface area contributed by atoms with Crippen molar-refractivity contribution in [1.29, 1.82) is 0 Å². The molecule has 7 nitrogen and oxygen atoms in total. The summed E-state index contributed by atoms with van der Waals surface area (Å²) in [4.78, 5) is 31.3. The molecule has 4 fully saturated rings. The molecule has 0 bridgehead atoms. The van der Waals surface area contributed by atoms with Crippen LogP contribution in [0.15, 0.2) is 0 Å². The molecule has 1 aliphatic carbocycles. The molecule has 0 aromatic heterocycles. The van der Waals surface area contributed by atoms with E-state index >= 15 is 0 Å². The zero-order chi connectivity index (χ0) is 22.2. The van der Waals surface area contributed by atoms with E-state index in [9.17, 15) is 9.59 Å². The van der Waals surface area contributed by atoms with Crippen LogP contribution in [0.3, 0.4) is 0 Å². The maximum Gasteiger partial charge on any atom is 0.410 e. The number of hydrogen-bond acceptors (Lipinski definition) is 5. The van der Waals surface area contributed by atoms with Crippen LogP contribution in [0, 0.1) is 11.3 Å². The molecule has 1 saturated carbocycles. The minimum absolute atomic E-state index is 0.134. The van der Waals surface area contributed by atoms with Crippen LogP contribution in [0.4, 0.5) is 9.59 Å². The molecule has 0 unspecified atom stereocenters. The Balaban J connectivity index is 1.23. The van der Waals surface area contributed by atoms with Crippen LogP contribution in [-0.2, 0) is 9.47 Å². The first-order chi connectivity index (χ1) is 14.7. The number of rotatable bonds is 3. The van der Waals surface area contributed by atoms with Crippen LogP contribution in [-0.4, -0.2) is 83.9 Å². The highest BCUT2D eigenvalue weighted by Crippen LogP contribution is 2.51. The zero-order valence-corrected chi connectivity index (χ0v) is 19.9. The highest BCUT2D eigenvalue weighted by molar-refractivity contribution is 5.69. The Kier molecular flexibility index (Phi) is 6.44. The topological polar surface area (TPSA) is 62.3 Å². The Morgan fingerprint density at radius 1 is 1.00 bits per heavy atom. The van der Waals surface area contributed by atoms with E-state index in [1.54, 1.807) is 0 Å². The maximum absolute atomic E-state index is 12.7. The lowest BCUT2D eigenvalue weighted by Crippen LogP contribution is -2.55. The number of nitrogens with zero attached hydrogens (tertiary/aromatic N) is 3. The molecule has 176 valence electrons. The van der Waals surface area contributed by atoms with Gasteiger partial charge in [-0.15, -0.1) is 0 Å². The Morgan fingerprint density at radius 3 is 2.35 bits per heavy atom. The second-order valence-electron chi connectivity index (χ2n) is 11.2. The van der Waals surface area contributed by atoms with Crippen LogP contribution < -0.4 is 0 Å². The molecule has 3 aliphatic heterocycles. The van der Waals surface area contributed by atoms with E-state index in [1.807, 2.05) is 37.5 Å². The predicted octanol–water partition coefficient (Wildman–Crippen LogP) is 4.11. The molecule has 3 heterocycles. The van der Waals surface area contributed by atoms with Crippen molar-refractivity contribution in [3.63, 3.8) is 0 Å². The molecule has 2 amide bonds. The van der Waals surface area contributed by atoms with Crippen molar-refractivity contribution in [3.8, 4) is 0 Å². The van der Waals surface area contributed by atoms with Crippen molar-refractivity contribution in [1.82, 2.24) is 14.7 Å². The molecule has 0 aromatic carbocycles. The maximum atomic E-state index is 12.7. The normalized spacial score (nSPS) is 32.4. The number of carbonyl (C=O) groups excluding carboxylic acids is 2. The third kappa shape index (κ3) is 4.96. The van der Waals surface area contributed by atoms with E-state index in [0.29, 0.717) is 30.0 Å². The van der Waals surface area contributed by atoms with Crippen molar-refractivity contribution in [3.05, 3.63) is 0 Å². The zero-order valence-electron chi connectivity index (χ0n) is 19.9. The summed E-state index contributed by atoms with van der Waals surface area (Å²) in [6.45, 7) is 12.9. The van der Waals surface area contributed by atoms with Gasteiger partial charge in [0.2, 0.25) is 0 Å². The van der Waals surface area contributed by atoms with Crippen molar-refractivity contribution in [2.45, 2.75) is 90.3 Å². The molecule has 1 spiro atoms. The first kappa shape index (κ1) is 22.7. The molecule has 4 rings (SSSR count). The average Bonchev–Trinajstić information content (AvgIpc) is 3.34. The quantitative estimate of drug-likeness (QED) is 0.668. The van der Waals surface area contributed by atoms with E-state index in [2.05, 4.69) is 4.90 Å². The second kappa shape index (κ2) is 8.80. The van der Waals surface area contributed by atoms with Gasteiger partial charge in [-0.25, -0.2) is 9.59 Å². The molecule has 31 heavy (non-hydrogen) atoms. The van der Waals surface area contributed by atoms with Crippen molar-refractivity contribution in [2.75, 3.05) is 39.3 Å². The monoisotopic (exact) mass is 435 g/mol. The predicted molar refractivity (Wildman–Crippen MR) is 119 cm³/mol. The first-order valence-electron chi connectivity index (χ1n) is 12.3. The number of likely N-dealkylation sites (tertiary alicyclic amines) is 3. The van der Waals surface area contributed by atoms with Gasteiger partial charge in [-0.1, -0.05) is 0 Å². The fraction of sp³-hybridized carbons (Fsp3) is 0.917. The highest BCUT2D eigenvalue weighted by Gasteiger charge is 2.51. The minimum atomic E-state index is -0.434. The van der Waals surface area contributed by atoms with Crippen molar-refractivity contribution in [2.24, 2.45) is 11.3 Å². The smallest absolute Gasteiger partial charge is 0.410 e. The van der Waals surface area contributed by atoms with Crippen LogP contribution >= 0.6 is 0 Å². The SMILES string of the molecule is CCOC(=O)N1CCC2(CC(N3CCC([C@@H]4CCCN4C(=O)OC(C)(C)C)CC3)C2)C1. The van der Waals surface area contributed by atoms with Gasteiger partial charge in [-0.3, -0.25) is 0 Å². The molecular formula is C24H41N3O4. The summed E-state index contributed by atoms with van der Waals surface area (Å²) in [6, 6.07) is 1.01. The molecule has 7 heteroatoms. The third-order valence-corrected chi connectivity index (χ3v) is 7.86. The van der Waals surface area contributed by atoms with Crippen LogP contribution in [0.1, 0.15) is 72.6 Å². The Labute approximate surface area is 187 Å². The van der Waals surface area contributed by atoms with E-state index in [0.717, 1.165) is 52.0 Å². The fourth-order valence-corrected chi connectivity index (χ4v) is 6.34. The van der Waals surface area contributed by atoms with Gasteiger partial charge in [0.1, 0.15) is 5.60 Å². The Morgan fingerprint density at radius 2 is 1.71 bits per heavy atom. The summed E-state index contributed by atoms with van der Waals surface area (Å²) in [7, 11) is 0. The van der Waals surface area contributed by atoms with Crippen molar-refractivity contribution >= 4 is 12.2 Å². The molecule has 1 atom stereocenters. The van der Waals surface area contributed by atoms with Gasteiger partial charge in [0.15, 0.2) is 0 Å². The largest absolute Gasteiger partial charge is 0.450 e. The molecule has 0 radical (unpaired) electrons. The third-order valence-electron chi connectivity index (χ3n) is 7.86. The number of hydrogen-bond donors (Lipinski definition) is 0. The van der Waals surface area contributed by atoms with Crippen molar-refractivity contribution < 1.29 is 19.1 Å². The van der Waals surface area contributed by atoms with Gasteiger partial charge in [-0.2, -0.15) is 0 Å². The van der Waals surface area contributed by atoms with Crippen LogP contribution in [0.2, 0.25) is 0 Å². The van der Waals surface area contributed by atoms with Crippen LogP contribution in [0.25, 0.3) is 0 Å². The number of ether oxygens (including phenoxy) is 2. The molecule has 3 saturated heterocycles. The fourth-order valence-electron chi connectivity index (χ4n) is 6.34.